The first-order valence-electron chi connectivity index (χ1n) is 10.9. The third-order valence-electron chi connectivity index (χ3n) is 5.79. The number of hydrogen-bond donors (Lipinski definition) is 1. The lowest BCUT2D eigenvalue weighted by molar-refractivity contribution is 0.284. The summed E-state index contributed by atoms with van der Waals surface area (Å²) in [6, 6.07) is 12.1. The Kier molecular flexibility index (Phi) is 6.80. The predicted molar refractivity (Wildman–Crippen MR) is 130 cm³/mol. The Morgan fingerprint density at radius 2 is 1.73 bits per heavy atom. The van der Waals surface area contributed by atoms with Gasteiger partial charge in [-0.25, -0.2) is 18.0 Å². The number of nitrogens with two attached hydrogens (primary N) is 1. The van der Waals surface area contributed by atoms with E-state index >= 15 is 8.78 Å². The van der Waals surface area contributed by atoms with Crippen molar-refractivity contribution in [3.63, 3.8) is 0 Å². The van der Waals surface area contributed by atoms with E-state index in [9.17, 15) is 9.18 Å². The van der Waals surface area contributed by atoms with Gasteiger partial charge in [-0.1, -0.05) is 18.7 Å². The van der Waals surface area contributed by atoms with Crippen molar-refractivity contribution in [2.24, 2.45) is 12.8 Å². The highest BCUT2D eigenvalue weighted by Gasteiger charge is 2.20. The van der Waals surface area contributed by atoms with Gasteiger partial charge in [0.25, 0.3) is 0 Å². The number of benzene rings is 3. The number of nitrogens with zero attached hydrogens (tertiary/aromatic N) is 3. The van der Waals surface area contributed by atoms with Gasteiger partial charge in [0, 0.05) is 18.5 Å². The first kappa shape index (κ1) is 25.2. The van der Waals surface area contributed by atoms with Gasteiger partial charge < -0.3 is 15.2 Å². The van der Waals surface area contributed by atoms with Gasteiger partial charge in [0.2, 0.25) is 0 Å². The second-order valence-electron chi connectivity index (χ2n) is 8.05. The van der Waals surface area contributed by atoms with Crippen LogP contribution in [0, 0.1) is 39.4 Å². The normalized spacial score (nSPS) is 12.4. The summed E-state index contributed by atoms with van der Waals surface area (Å²) in [7, 11) is 2.83. The van der Waals surface area contributed by atoms with Gasteiger partial charge in [-0.15, -0.1) is 0 Å². The molecule has 0 saturated carbocycles. The molecule has 0 atom stereocenters. The van der Waals surface area contributed by atoms with Gasteiger partial charge in [0.15, 0.2) is 23.1 Å². The topological polar surface area (TPSA) is 95.2 Å². The molecule has 0 saturated heterocycles. The highest BCUT2D eigenvalue weighted by Crippen LogP contribution is 2.26. The molecule has 1 heterocycles. The first-order valence-corrected chi connectivity index (χ1v) is 10.9. The minimum Gasteiger partial charge on any atom is -0.493 e. The summed E-state index contributed by atoms with van der Waals surface area (Å²) in [5, 5.41) is 9.90. The summed E-state index contributed by atoms with van der Waals surface area (Å²) in [6.45, 7) is 4.07. The molecular weight excluding hydrogens is 485 g/mol. The fourth-order valence-electron chi connectivity index (χ4n) is 3.96. The van der Waals surface area contributed by atoms with Crippen LogP contribution in [0.5, 0.6) is 11.5 Å². The number of ether oxygens (including phenoxy) is 2. The Bertz CT molecular complexity index is 1800. The number of hydrogen-bond acceptors (Lipinski definition) is 5. The Balaban J connectivity index is 2.08. The summed E-state index contributed by atoms with van der Waals surface area (Å²) < 4.78 is 56.6. The van der Waals surface area contributed by atoms with Crippen LogP contribution in [0.4, 0.5) is 13.2 Å². The van der Waals surface area contributed by atoms with Crippen LogP contribution in [-0.4, -0.2) is 16.2 Å². The van der Waals surface area contributed by atoms with Gasteiger partial charge in [-0.05, 0) is 47.2 Å². The number of rotatable bonds is 5. The molecule has 0 bridgehead atoms. The predicted octanol–water partition coefficient (Wildman–Crippen LogP) is 2.45. The van der Waals surface area contributed by atoms with E-state index in [1.165, 1.54) is 32.4 Å². The molecule has 0 amide bonds. The molecule has 3 aromatic carbocycles. The Hall–Kier alpha value is -4.91. The average molecular weight is 506 g/mol. The molecule has 0 aliphatic carbocycles. The van der Waals surface area contributed by atoms with Crippen molar-refractivity contribution in [1.29, 1.82) is 5.26 Å². The lowest BCUT2D eigenvalue weighted by Gasteiger charge is -2.12. The highest BCUT2D eigenvalue weighted by atomic mass is 19.1. The van der Waals surface area contributed by atoms with Crippen LogP contribution in [-0.2, 0) is 13.7 Å². The summed E-state index contributed by atoms with van der Waals surface area (Å²) in [5.74, 6) is -2.06. The first-order chi connectivity index (χ1) is 17.7. The second-order valence-corrected chi connectivity index (χ2v) is 8.05. The van der Waals surface area contributed by atoms with E-state index in [1.807, 2.05) is 0 Å². The molecule has 0 radical (unpaired) electrons. The number of halogens is 3. The van der Waals surface area contributed by atoms with E-state index < -0.39 is 23.0 Å². The molecule has 0 aliphatic rings. The lowest BCUT2D eigenvalue weighted by atomic mass is 10.1. The fraction of sp³-hybridized carbons (Fsp3) is 0.111. The molecule has 37 heavy (non-hydrogen) atoms. The Morgan fingerprint density at radius 1 is 1.08 bits per heavy atom. The van der Waals surface area contributed by atoms with Crippen molar-refractivity contribution in [1.82, 2.24) is 9.13 Å². The van der Waals surface area contributed by atoms with Crippen molar-refractivity contribution in [2.45, 2.75) is 6.61 Å². The molecule has 188 valence electrons. The standard InChI is InChI=1S/C27H21F3N4O3/c1-15-8-23(36-3)24(37-14-16-4-6-18(28)7-5-16)11-19(15)25-22(13-32)33(2)27(35)34(25)26-20(29)9-17(12-31)10-21(26)30/h4-11,13H,1,14,32H2,2-3H3/b22-13+,25-19+. The molecule has 0 spiro atoms. The van der Waals surface area contributed by atoms with Crippen LogP contribution in [0.25, 0.3) is 18.5 Å². The van der Waals surface area contributed by atoms with Crippen molar-refractivity contribution < 1.29 is 22.6 Å². The average Bonchev–Trinajstić information content (AvgIpc) is 3.12. The zero-order chi connectivity index (χ0) is 26.9. The van der Waals surface area contributed by atoms with Gasteiger partial charge in [0.05, 0.1) is 29.4 Å². The maximum absolute atomic E-state index is 15.1. The Labute approximate surface area is 208 Å². The molecule has 0 aliphatic heterocycles. The zero-order valence-electron chi connectivity index (χ0n) is 19.9. The summed E-state index contributed by atoms with van der Waals surface area (Å²) in [6.07, 6.45) is 1.13. The monoisotopic (exact) mass is 506 g/mol. The molecule has 4 rings (SSSR count). The van der Waals surface area contributed by atoms with Crippen molar-refractivity contribution in [3.05, 3.63) is 109 Å². The zero-order valence-corrected chi connectivity index (χ0v) is 19.9. The number of aromatic nitrogens is 2. The summed E-state index contributed by atoms with van der Waals surface area (Å²) in [5.41, 5.74) is 4.81. The molecule has 10 heteroatoms. The minimum absolute atomic E-state index is 0.0526. The molecule has 7 nitrogen and oxygen atoms in total. The highest BCUT2D eigenvalue weighted by molar-refractivity contribution is 5.45. The SMILES string of the molecule is C=c1cc(OC)c(OCc2ccc(F)cc2)c/c1=c1/c(=C\N)n(C)c(=O)n1-c1c(F)cc(C#N)cc1F. The number of methoxy groups -OCH3 is 1. The van der Waals surface area contributed by atoms with Gasteiger partial charge in [0.1, 0.15) is 18.1 Å². The van der Waals surface area contributed by atoms with Gasteiger partial charge in [-0.3, -0.25) is 9.13 Å². The molecule has 2 N–H and O–H groups in total. The quantitative estimate of drug-likeness (QED) is 0.449. The van der Waals surface area contributed by atoms with E-state index in [2.05, 4.69) is 6.58 Å². The van der Waals surface area contributed by atoms with Crippen molar-refractivity contribution in [3.8, 4) is 23.3 Å². The van der Waals surface area contributed by atoms with Crippen LogP contribution in [0.1, 0.15) is 11.1 Å². The third kappa shape index (κ3) is 4.54. The minimum atomic E-state index is -1.11. The molecular formula is C27H21F3N4O3. The van der Waals surface area contributed by atoms with Crippen LogP contribution < -0.4 is 31.5 Å². The summed E-state index contributed by atoms with van der Waals surface area (Å²) in [4.78, 5) is 13.2. The largest absolute Gasteiger partial charge is 0.493 e. The number of imidazole rings is 1. The van der Waals surface area contributed by atoms with E-state index in [0.29, 0.717) is 16.5 Å². The van der Waals surface area contributed by atoms with E-state index in [4.69, 9.17) is 20.5 Å². The van der Waals surface area contributed by atoms with Crippen molar-refractivity contribution >= 4 is 12.8 Å². The van der Waals surface area contributed by atoms with Gasteiger partial charge >= 0.3 is 5.69 Å². The third-order valence-corrected chi connectivity index (χ3v) is 5.79. The smallest absolute Gasteiger partial charge is 0.333 e. The van der Waals surface area contributed by atoms with E-state index in [0.717, 1.165) is 27.5 Å². The molecule has 0 fully saturated rings. The molecule has 0 unspecified atom stereocenters. The fourth-order valence-corrected chi connectivity index (χ4v) is 3.96. The van der Waals surface area contributed by atoms with Crippen LogP contribution in [0.2, 0.25) is 0 Å². The van der Waals surface area contributed by atoms with E-state index in [1.54, 1.807) is 24.3 Å². The van der Waals surface area contributed by atoms with Crippen LogP contribution in [0.15, 0.2) is 53.3 Å². The summed E-state index contributed by atoms with van der Waals surface area (Å²) >= 11 is 0. The van der Waals surface area contributed by atoms with Crippen LogP contribution in [0.3, 0.4) is 0 Å². The second kappa shape index (κ2) is 9.99. The van der Waals surface area contributed by atoms with E-state index in [-0.39, 0.29) is 39.7 Å². The molecule has 4 aromatic rings. The lowest BCUT2D eigenvalue weighted by Crippen LogP contribution is -2.27. The maximum atomic E-state index is 15.1. The van der Waals surface area contributed by atoms with Gasteiger partial charge in [-0.2, -0.15) is 5.26 Å². The van der Waals surface area contributed by atoms with Crippen molar-refractivity contribution in [2.75, 3.05) is 7.11 Å². The Morgan fingerprint density at radius 3 is 2.30 bits per heavy atom. The van der Waals surface area contributed by atoms with Crippen LogP contribution >= 0.6 is 0 Å². The molecule has 1 aromatic heterocycles. The maximum Gasteiger partial charge on any atom is 0.333 e. The number of nitriles is 1.